The fraction of sp³-hybridized carbons (Fsp3) is 0.500. The second-order valence-corrected chi connectivity index (χ2v) is 5.14. The van der Waals surface area contributed by atoms with Gasteiger partial charge in [-0.05, 0) is 37.8 Å². The normalized spacial score (nSPS) is 17.5. The van der Waals surface area contributed by atoms with Crippen molar-refractivity contribution in [1.82, 2.24) is 0 Å². The van der Waals surface area contributed by atoms with Crippen LogP contribution in [0.15, 0.2) is 22.7 Å². The van der Waals surface area contributed by atoms with Gasteiger partial charge in [0.1, 0.15) is 5.75 Å². The van der Waals surface area contributed by atoms with Crippen LogP contribution in [-0.4, -0.2) is 6.61 Å². The largest absolute Gasteiger partial charge is 0.493 e. The first-order valence-electron chi connectivity index (χ1n) is 5.34. The number of hydrogen-bond donors (Lipinski definition) is 1. The summed E-state index contributed by atoms with van der Waals surface area (Å²) >= 11 is 3.45. The lowest BCUT2D eigenvalue weighted by Crippen LogP contribution is -2.09. The Hall–Kier alpha value is -0.540. The fourth-order valence-electron chi connectivity index (χ4n) is 1.50. The molecule has 0 aromatic heterocycles. The molecule has 82 valence electrons. The maximum Gasteiger partial charge on any atom is 0.125 e. The Morgan fingerprint density at radius 2 is 2.27 bits per heavy atom. The highest BCUT2D eigenvalue weighted by Gasteiger charge is 2.22. The van der Waals surface area contributed by atoms with E-state index >= 15 is 0 Å². The van der Waals surface area contributed by atoms with E-state index in [0.717, 1.165) is 28.3 Å². The van der Waals surface area contributed by atoms with E-state index in [1.165, 1.54) is 12.8 Å². The Labute approximate surface area is 98.9 Å². The van der Waals surface area contributed by atoms with Gasteiger partial charge in [-0.2, -0.15) is 0 Å². The van der Waals surface area contributed by atoms with Gasteiger partial charge in [0.25, 0.3) is 0 Å². The summed E-state index contributed by atoms with van der Waals surface area (Å²) in [5.41, 5.74) is 6.97. The minimum absolute atomic E-state index is 0.0207. The lowest BCUT2D eigenvalue weighted by atomic mass is 10.1. The molecule has 0 amide bonds. The molecule has 15 heavy (non-hydrogen) atoms. The Morgan fingerprint density at radius 3 is 2.87 bits per heavy atom. The van der Waals surface area contributed by atoms with Crippen molar-refractivity contribution in [2.24, 2.45) is 11.7 Å². The van der Waals surface area contributed by atoms with E-state index < -0.39 is 0 Å². The number of benzene rings is 1. The van der Waals surface area contributed by atoms with Crippen molar-refractivity contribution in [1.29, 1.82) is 0 Å². The van der Waals surface area contributed by atoms with Gasteiger partial charge < -0.3 is 10.5 Å². The monoisotopic (exact) mass is 269 g/mol. The lowest BCUT2D eigenvalue weighted by molar-refractivity contribution is 0.295. The zero-order valence-electron chi connectivity index (χ0n) is 8.87. The highest BCUT2D eigenvalue weighted by molar-refractivity contribution is 9.10. The molecular weight excluding hydrogens is 254 g/mol. The third-order valence-electron chi connectivity index (χ3n) is 2.64. The average molecular weight is 270 g/mol. The minimum Gasteiger partial charge on any atom is -0.493 e. The summed E-state index contributed by atoms with van der Waals surface area (Å²) in [7, 11) is 0. The van der Waals surface area contributed by atoms with Crippen LogP contribution < -0.4 is 10.5 Å². The summed E-state index contributed by atoms with van der Waals surface area (Å²) in [6.07, 6.45) is 2.61. The molecule has 0 bridgehead atoms. The van der Waals surface area contributed by atoms with Crippen LogP contribution in [0.3, 0.4) is 0 Å². The molecule has 0 heterocycles. The summed E-state index contributed by atoms with van der Waals surface area (Å²) in [6, 6.07) is 6.05. The molecule has 1 fully saturated rings. The summed E-state index contributed by atoms with van der Waals surface area (Å²) in [4.78, 5) is 0. The van der Waals surface area contributed by atoms with Crippen molar-refractivity contribution >= 4 is 15.9 Å². The molecule has 0 saturated heterocycles. The van der Waals surface area contributed by atoms with Crippen LogP contribution in [0, 0.1) is 5.92 Å². The number of halogens is 1. The van der Waals surface area contributed by atoms with Gasteiger partial charge in [-0.25, -0.2) is 0 Å². The fourth-order valence-corrected chi connectivity index (χ4v) is 1.84. The standard InChI is InChI=1S/C12H16BrNO/c1-8(14)11-5-4-10(13)6-12(11)15-7-9-2-3-9/h4-6,8-9H,2-3,7,14H2,1H3. The average Bonchev–Trinajstić information content (AvgIpc) is 2.97. The maximum atomic E-state index is 5.89. The topological polar surface area (TPSA) is 35.2 Å². The van der Waals surface area contributed by atoms with Crippen molar-refractivity contribution < 1.29 is 4.74 Å². The molecule has 2 N–H and O–H groups in total. The van der Waals surface area contributed by atoms with Crippen molar-refractivity contribution in [3.05, 3.63) is 28.2 Å². The quantitative estimate of drug-likeness (QED) is 0.911. The van der Waals surface area contributed by atoms with Crippen molar-refractivity contribution in [2.45, 2.75) is 25.8 Å². The second-order valence-electron chi connectivity index (χ2n) is 4.23. The molecule has 1 aromatic carbocycles. The molecule has 3 heteroatoms. The molecule has 1 unspecified atom stereocenters. The molecule has 1 atom stereocenters. The van der Waals surface area contributed by atoms with Crippen LogP contribution in [0.25, 0.3) is 0 Å². The lowest BCUT2D eigenvalue weighted by Gasteiger charge is -2.14. The Bertz CT molecular complexity index is 347. The van der Waals surface area contributed by atoms with Crippen molar-refractivity contribution in [3.8, 4) is 5.75 Å². The van der Waals surface area contributed by atoms with Crippen LogP contribution in [0.5, 0.6) is 5.75 Å². The van der Waals surface area contributed by atoms with Crippen LogP contribution in [0.2, 0.25) is 0 Å². The predicted octanol–water partition coefficient (Wildman–Crippen LogP) is 3.26. The molecule has 1 aliphatic carbocycles. The molecule has 0 spiro atoms. The van der Waals surface area contributed by atoms with Crippen LogP contribution in [-0.2, 0) is 0 Å². The number of nitrogens with two attached hydrogens (primary N) is 1. The van der Waals surface area contributed by atoms with Gasteiger partial charge in [0.05, 0.1) is 6.61 Å². The van der Waals surface area contributed by atoms with Crippen molar-refractivity contribution in [3.63, 3.8) is 0 Å². The third-order valence-corrected chi connectivity index (χ3v) is 3.13. The van der Waals surface area contributed by atoms with Gasteiger partial charge in [-0.3, -0.25) is 0 Å². The number of ether oxygens (including phenoxy) is 1. The number of rotatable bonds is 4. The predicted molar refractivity (Wildman–Crippen MR) is 65.0 cm³/mol. The van der Waals surface area contributed by atoms with E-state index in [1.54, 1.807) is 0 Å². The van der Waals surface area contributed by atoms with Crippen molar-refractivity contribution in [2.75, 3.05) is 6.61 Å². The molecule has 0 aliphatic heterocycles. The third kappa shape index (κ3) is 2.95. The summed E-state index contributed by atoms with van der Waals surface area (Å²) in [6.45, 7) is 2.81. The Morgan fingerprint density at radius 1 is 1.53 bits per heavy atom. The first kappa shape index (κ1) is 11.0. The second kappa shape index (κ2) is 4.54. The van der Waals surface area contributed by atoms with Gasteiger partial charge >= 0.3 is 0 Å². The minimum atomic E-state index is 0.0207. The Balaban J connectivity index is 2.13. The van der Waals surface area contributed by atoms with Crippen LogP contribution in [0.1, 0.15) is 31.4 Å². The van der Waals surface area contributed by atoms with E-state index in [4.69, 9.17) is 10.5 Å². The van der Waals surface area contributed by atoms with E-state index in [1.807, 2.05) is 25.1 Å². The van der Waals surface area contributed by atoms with Crippen LogP contribution >= 0.6 is 15.9 Å². The highest BCUT2D eigenvalue weighted by atomic mass is 79.9. The SMILES string of the molecule is CC(N)c1ccc(Br)cc1OCC1CC1. The zero-order chi connectivity index (χ0) is 10.8. The Kier molecular flexibility index (Phi) is 3.32. The molecule has 2 nitrogen and oxygen atoms in total. The van der Waals surface area contributed by atoms with Gasteiger partial charge in [0.15, 0.2) is 0 Å². The molecule has 1 aromatic rings. The van der Waals surface area contributed by atoms with E-state index in [2.05, 4.69) is 15.9 Å². The molecule has 1 aliphatic rings. The van der Waals surface area contributed by atoms with E-state index in [-0.39, 0.29) is 6.04 Å². The smallest absolute Gasteiger partial charge is 0.125 e. The van der Waals surface area contributed by atoms with Gasteiger partial charge in [0.2, 0.25) is 0 Å². The van der Waals surface area contributed by atoms with Gasteiger partial charge in [-0.15, -0.1) is 0 Å². The summed E-state index contributed by atoms with van der Waals surface area (Å²) < 4.78 is 6.83. The molecular formula is C12H16BrNO. The number of hydrogen-bond acceptors (Lipinski definition) is 2. The first-order valence-corrected chi connectivity index (χ1v) is 6.14. The summed E-state index contributed by atoms with van der Waals surface area (Å²) in [5, 5.41) is 0. The molecule has 2 rings (SSSR count). The van der Waals surface area contributed by atoms with Gasteiger partial charge in [0, 0.05) is 16.1 Å². The highest BCUT2D eigenvalue weighted by Crippen LogP contribution is 2.32. The van der Waals surface area contributed by atoms with E-state index in [9.17, 15) is 0 Å². The van der Waals surface area contributed by atoms with E-state index in [0.29, 0.717) is 0 Å². The van der Waals surface area contributed by atoms with Gasteiger partial charge in [-0.1, -0.05) is 22.0 Å². The first-order chi connectivity index (χ1) is 7.16. The maximum absolute atomic E-state index is 5.89. The molecule has 0 radical (unpaired) electrons. The zero-order valence-corrected chi connectivity index (χ0v) is 10.5. The van der Waals surface area contributed by atoms with Crippen LogP contribution in [0.4, 0.5) is 0 Å². The summed E-state index contributed by atoms with van der Waals surface area (Å²) in [5.74, 6) is 1.69. The molecule has 1 saturated carbocycles.